The average molecular weight is 298 g/mol. The van der Waals surface area contributed by atoms with Crippen LogP contribution in [0.15, 0.2) is 48.5 Å². The number of benzene rings is 2. The van der Waals surface area contributed by atoms with Crippen molar-refractivity contribution in [3.05, 3.63) is 59.7 Å². The Balaban J connectivity index is 0.00000200. The highest BCUT2D eigenvalue weighted by atomic mass is 35.5. The molecule has 0 amide bonds. The fourth-order valence-corrected chi connectivity index (χ4v) is 1.75. The topological polar surface area (TPSA) is 55.5 Å². The molecule has 20 heavy (non-hydrogen) atoms. The molecule has 5 heteroatoms. The summed E-state index contributed by atoms with van der Waals surface area (Å²) < 4.78 is 18.0. The predicted molar refractivity (Wildman–Crippen MR) is 79.0 cm³/mol. The third-order valence-electron chi connectivity index (χ3n) is 2.82. The van der Waals surface area contributed by atoms with E-state index in [1.54, 1.807) is 12.1 Å². The Labute approximate surface area is 123 Å². The van der Waals surface area contributed by atoms with Gasteiger partial charge in [-0.1, -0.05) is 30.3 Å². The predicted octanol–water partition coefficient (Wildman–Crippen LogP) is 3.36. The van der Waals surface area contributed by atoms with Gasteiger partial charge in [-0.25, -0.2) is 4.39 Å². The Hall–Kier alpha value is -1.78. The van der Waals surface area contributed by atoms with Gasteiger partial charge in [0.15, 0.2) is 0 Å². The lowest BCUT2D eigenvalue weighted by molar-refractivity contribution is 0.303. The van der Waals surface area contributed by atoms with E-state index in [-0.39, 0.29) is 18.2 Å². The van der Waals surface area contributed by atoms with Crippen LogP contribution in [0.25, 0.3) is 0 Å². The molecule has 0 spiro atoms. The van der Waals surface area contributed by atoms with Crippen LogP contribution in [0.3, 0.4) is 0 Å². The Kier molecular flexibility index (Phi) is 6.28. The van der Waals surface area contributed by atoms with Crippen molar-refractivity contribution in [1.82, 2.24) is 0 Å². The lowest BCUT2D eigenvalue weighted by Crippen LogP contribution is -2.12. The van der Waals surface area contributed by atoms with Gasteiger partial charge in [0.1, 0.15) is 24.8 Å². The molecular formula is C15H17ClFNO2. The van der Waals surface area contributed by atoms with E-state index in [1.807, 2.05) is 30.3 Å². The van der Waals surface area contributed by atoms with Crippen molar-refractivity contribution >= 4 is 12.4 Å². The van der Waals surface area contributed by atoms with Gasteiger partial charge < -0.3 is 15.6 Å². The lowest BCUT2D eigenvalue weighted by Gasteiger charge is -2.12. The van der Waals surface area contributed by atoms with Crippen LogP contribution in [0.4, 0.5) is 4.39 Å². The molecule has 0 bridgehead atoms. The number of ether oxygens (including phenoxy) is 1. The molecule has 2 aromatic rings. The van der Waals surface area contributed by atoms with Gasteiger partial charge in [-0.05, 0) is 17.7 Å². The first-order chi connectivity index (χ1) is 9.20. The SMILES string of the molecule is Cl.N[C@@H](CF)c1ccc(OCc2ccccc2)cc1O. The van der Waals surface area contributed by atoms with Crippen molar-refractivity contribution in [2.75, 3.05) is 6.67 Å². The van der Waals surface area contributed by atoms with Crippen molar-refractivity contribution in [1.29, 1.82) is 0 Å². The van der Waals surface area contributed by atoms with E-state index in [0.29, 0.717) is 17.9 Å². The molecule has 0 aliphatic carbocycles. The van der Waals surface area contributed by atoms with Crippen molar-refractivity contribution in [2.45, 2.75) is 12.6 Å². The van der Waals surface area contributed by atoms with Crippen LogP contribution in [0.5, 0.6) is 11.5 Å². The molecule has 0 aromatic heterocycles. The Morgan fingerprint density at radius 1 is 1.15 bits per heavy atom. The first-order valence-corrected chi connectivity index (χ1v) is 6.02. The highest BCUT2D eigenvalue weighted by Crippen LogP contribution is 2.28. The van der Waals surface area contributed by atoms with Gasteiger partial charge in [-0.15, -0.1) is 12.4 Å². The standard InChI is InChI=1S/C15H16FNO2.ClH/c16-9-14(17)13-7-6-12(8-15(13)18)19-10-11-4-2-1-3-5-11;/h1-8,14,18H,9-10,17H2;1H/t14-;/m0./s1. The number of nitrogens with two attached hydrogens (primary N) is 1. The normalized spacial score (nSPS) is 11.5. The van der Waals surface area contributed by atoms with Gasteiger partial charge in [-0.2, -0.15) is 0 Å². The van der Waals surface area contributed by atoms with Crippen molar-refractivity contribution in [3.8, 4) is 11.5 Å². The molecule has 0 aliphatic rings. The van der Waals surface area contributed by atoms with E-state index >= 15 is 0 Å². The quantitative estimate of drug-likeness (QED) is 0.890. The maximum atomic E-state index is 12.5. The van der Waals surface area contributed by atoms with Gasteiger partial charge in [-0.3, -0.25) is 0 Å². The highest BCUT2D eigenvalue weighted by molar-refractivity contribution is 5.85. The van der Waals surface area contributed by atoms with Crippen LogP contribution in [0, 0.1) is 0 Å². The first kappa shape index (κ1) is 16.3. The van der Waals surface area contributed by atoms with Gasteiger partial charge in [0.05, 0.1) is 6.04 Å². The summed E-state index contributed by atoms with van der Waals surface area (Å²) in [7, 11) is 0. The largest absolute Gasteiger partial charge is 0.507 e. The Bertz CT molecular complexity index is 537. The summed E-state index contributed by atoms with van der Waals surface area (Å²) in [5.74, 6) is 0.479. The summed E-state index contributed by atoms with van der Waals surface area (Å²) in [6, 6.07) is 13.6. The number of aromatic hydroxyl groups is 1. The second-order valence-corrected chi connectivity index (χ2v) is 4.26. The molecule has 108 valence electrons. The number of phenolic OH excluding ortho intramolecular Hbond substituents is 1. The van der Waals surface area contributed by atoms with Crippen LogP contribution in [-0.4, -0.2) is 11.8 Å². The summed E-state index contributed by atoms with van der Waals surface area (Å²) >= 11 is 0. The molecule has 0 aliphatic heterocycles. The molecule has 3 nitrogen and oxygen atoms in total. The number of halogens is 2. The zero-order valence-electron chi connectivity index (χ0n) is 10.8. The van der Waals surface area contributed by atoms with Gasteiger partial charge in [0, 0.05) is 11.6 Å². The molecule has 0 saturated carbocycles. The molecular weight excluding hydrogens is 281 g/mol. The van der Waals surface area contributed by atoms with E-state index in [2.05, 4.69) is 0 Å². The molecule has 0 saturated heterocycles. The fourth-order valence-electron chi connectivity index (χ4n) is 1.75. The van der Waals surface area contributed by atoms with Crippen molar-refractivity contribution in [2.24, 2.45) is 5.73 Å². The minimum atomic E-state index is -0.803. The molecule has 2 aromatic carbocycles. The fraction of sp³-hybridized carbons (Fsp3) is 0.200. The van der Waals surface area contributed by atoms with E-state index in [4.69, 9.17) is 10.5 Å². The minimum absolute atomic E-state index is 0. The van der Waals surface area contributed by atoms with E-state index in [1.165, 1.54) is 6.07 Å². The monoisotopic (exact) mass is 297 g/mol. The first-order valence-electron chi connectivity index (χ1n) is 6.02. The highest BCUT2D eigenvalue weighted by Gasteiger charge is 2.11. The summed E-state index contributed by atoms with van der Waals surface area (Å²) in [6.45, 7) is -0.299. The van der Waals surface area contributed by atoms with Crippen LogP contribution in [0.2, 0.25) is 0 Å². The number of phenols is 1. The van der Waals surface area contributed by atoms with Gasteiger partial charge in [0.2, 0.25) is 0 Å². The molecule has 0 radical (unpaired) electrons. The maximum Gasteiger partial charge on any atom is 0.124 e. The van der Waals surface area contributed by atoms with Crippen LogP contribution in [-0.2, 0) is 6.61 Å². The summed E-state index contributed by atoms with van der Waals surface area (Å²) in [4.78, 5) is 0. The minimum Gasteiger partial charge on any atom is -0.507 e. The van der Waals surface area contributed by atoms with E-state index < -0.39 is 12.7 Å². The molecule has 2 rings (SSSR count). The number of rotatable bonds is 5. The molecule has 3 N–H and O–H groups in total. The molecule has 1 atom stereocenters. The Morgan fingerprint density at radius 3 is 2.45 bits per heavy atom. The van der Waals surface area contributed by atoms with Gasteiger partial charge in [0.25, 0.3) is 0 Å². The summed E-state index contributed by atoms with van der Waals surface area (Å²) in [6.07, 6.45) is 0. The number of hydrogen-bond donors (Lipinski definition) is 2. The second-order valence-electron chi connectivity index (χ2n) is 4.26. The molecule has 0 fully saturated rings. The lowest BCUT2D eigenvalue weighted by atomic mass is 10.1. The number of hydrogen-bond acceptors (Lipinski definition) is 3. The second kappa shape index (κ2) is 7.72. The number of alkyl halides is 1. The van der Waals surface area contributed by atoms with Crippen LogP contribution >= 0.6 is 12.4 Å². The average Bonchev–Trinajstić information content (AvgIpc) is 2.45. The van der Waals surface area contributed by atoms with Crippen LogP contribution < -0.4 is 10.5 Å². The molecule has 0 unspecified atom stereocenters. The summed E-state index contributed by atoms with van der Waals surface area (Å²) in [5, 5.41) is 9.76. The van der Waals surface area contributed by atoms with E-state index in [9.17, 15) is 9.50 Å². The maximum absolute atomic E-state index is 12.5. The third kappa shape index (κ3) is 4.11. The zero-order valence-corrected chi connectivity index (χ0v) is 11.6. The smallest absolute Gasteiger partial charge is 0.124 e. The molecule has 0 heterocycles. The van der Waals surface area contributed by atoms with E-state index in [0.717, 1.165) is 5.56 Å². The van der Waals surface area contributed by atoms with Crippen molar-refractivity contribution in [3.63, 3.8) is 0 Å². The van der Waals surface area contributed by atoms with Crippen LogP contribution in [0.1, 0.15) is 17.2 Å². The van der Waals surface area contributed by atoms with Gasteiger partial charge >= 0.3 is 0 Å². The Morgan fingerprint density at radius 2 is 1.85 bits per heavy atom. The summed E-state index contributed by atoms with van der Waals surface area (Å²) in [5.41, 5.74) is 6.95. The van der Waals surface area contributed by atoms with Crippen molar-refractivity contribution < 1.29 is 14.2 Å². The zero-order chi connectivity index (χ0) is 13.7. The third-order valence-corrected chi connectivity index (χ3v) is 2.82.